The van der Waals surface area contributed by atoms with Crippen LogP contribution in [0.15, 0.2) is 24.3 Å². The monoisotopic (exact) mass is 273 g/mol. The number of methoxy groups -OCH3 is 1. The van der Waals surface area contributed by atoms with Gasteiger partial charge < -0.3 is 10.5 Å². The van der Waals surface area contributed by atoms with Gasteiger partial charge in [0, 0.05) is 23.3 Å². The van der Waals surface area contributed by atoms with Crippen LogP contribution in [0.5, 0.6) is 5.75 Å². The summed E-state index contributed by atoms with van der Waals surface area (Å²) in [4.78, 5) is 10.8. The second-order valence-electron chi connectivity index (χ2n) is 3.61. The summed E-state index contributed by atoms with van der Waals surface area (Å²) in [6.07, 6.45) is 0.324. The highest BCUT2D eigenvalue weighted by Gasteiger charge is 2.11. The molecule has 1 amide bonds. The number of halogens is 1. The van der Waals surface area contributed by atoms with Crippen LogP contribution in [0.25, 0.3) is 0 Å². The Morgan fingerprint density at radius 1 is 1.47 bits per heavy atom. The minimum atomic E-state index is -0.308. The van der Waals surface area contributed by atoms with Gasteiger partial charge in [-0.3, -0.25) is 4.79 Å². The second kappa shape index (κ2) is 7.45. The Bertz CT molecular complexity index is 356. The zero-order valence-electron chi connectivity index (χ0n) is 9.69. The molecule has 1 aromatic carbocycles. The van der Waals surface area contributed by atoms with Crippen LogP contribution in [-0.4, -0.2) is 24.1 Å². The van der Waals surface area contributed by atoms with E-state index in [-0.39, 0.29) is 11.2 Å². The highest BCUT2D eigenvalue weighted by Crippen LogP contribution is 2.22. The molecule has 0 saturated heterocycles. The van der Waals surface area contributed by atoms with Gasteiger partial charge in [0.05, 0.1) is 7.11 Å². The van der Waals surface area contributed by atoms with Crippen molar-refractivity contribution in [3.63, 3.8) is 0 Å². The van der Waals surface area contributed by atoms with Crippen molar-refractivity contribution in [3.05, 3.63) is 29.8 Å². The number of hydrogen-bond acceptors (Lipinski definition) is 3. The smallest absolute Gasteiger partial charge is 0.218 e. The van der Waals surface area contributed by atoms with Gasteiger partial charge in [-0.05, 0) is 17.7 Å². The van der Waals surface area contributed by atoms with Crippen molar-refractivity contribution in [2.45, 2.75) is 17.4 Å². The normalized spacial score (nSPS) is 12.1. The molecule has 0 bridgehead atoms. The third kappa shape index (κ3) is 5.33. The van der Waals surface area contributed by atoms with Crippen molar-refractivity contribution in [2.75, 3.05) is 13.0 Å². The van der Waals surface area contributed by atoms with E-state index in [0.29, 0.717) is 12.3 Å². The maximum Gasteiger partial charge on any atom is 0.218 e. The van der Waals surface area contributed by atoms with Crippen LogP contribution in [0.3, 0.4) is 0 Å². The average Bonchev–Trinajstić information content (AvgIpc) is 2.34. The molecule has 0 spiro atoms. The van der Waals surface area contributed by atoms with Crippen molar-refractivity contribution in [1.29, 1.82) is 0 Å². The molecule has 0 saturated carbocycles. The first-order chi connectivity index (χ1) is 8.15. The molecule has 0 radical (unpaired) electrons. The number of hydrogen-bond donors (Lipinski definition) is 1. The van der Waals surface area contributed by atoms with Crippen LogP contribution in [0.4, 0.5) is 0 Å². The summed E-state index contributed by atoms with van der Waals surface area (Å²) in [6.45, 7) is 0. The summed E-state index contributed by atoms with van der Waals surface area (Å²) in [6, 6.07) is 7.84. The summed E-state index contributed by atoms with van der Waals surface area (Å²) in [5.74, 6) is 1.78. The van der Waals surface area contributed by atoms with Gasteiger partial charge in [0.15, 0.2) is 0 Å². The lowest BCUT2D eigenvalue weighted by atomic mass is 10.2. The van der Waals surface area contributed by atoms with E-state index in [2.05, 4.69) is 0 Å². The third-order valence-corrected chi connectivity index (χ3v) is 4.11. The SMILES string of the molecule is COc1ccc(CS[C@H](CCl)CC(N)=O)cc1. The zero-order valence-corrected chi connectivity index (χ0v) is 11.3. The largest absolute Gasteiger partial charge is 0.497 e. The van der Waals surface area contributed by atoms with E-state index in [1.165, 1.54) is 5.56 Å². The van der Waals surface area contributed by atoms with Crippen LogP contribution in [-0.2, 0) is 10.5 Å². The Morgan fingerprint density at radius 3 is 2.59 bits per heavy atom. The molecule has 0 unspecified atom stereocenters. The summed E-state index contributed by atoms with van der Waals surface area (Å²) in [5, 5.41) is 0.0799. The number of ether oxygens (including phenoxy) is 1. The first-order valence-corrected chi connectivity index (χ1v) is 6.83. The van der Waals surface area contributed by atoms with E-state index in [1.807, 2.05) is 24.3 Å². The fraction of sp³-hybridized carbons (Fsp3) is 0.417. The highest BCUT2D eigenvalue weighted by atomic mass is 35.5. The summed E-state index contributed by atoms with van der Waals surface area (Å²) in [5.41, 5.74) is 6.32. The molecule has 94 valence electrons. The molecule has 0 heterocycles. The Hall–Kier alpha value is -0.870. The van der Waals surface area contributed by atoms with Crippen LogP contribution in [0.2, 0.25) is 0 Å². The Labute approximate surface area is 111 Å². The number of rotatable bonds is 7. The van der Waals surface area contributed by atoms with Gasteiger partial charge in [0.2, 0.25) is 5.91 Å². The van der Waals surface area contributed by atoms with Gasteiger partial charge in [-0.1, -0.05) is 12.1 Å². The molecule has 0 aliphatic carbocycles. The van der Waals surface area contributed by atoms with E-state index in [0.717, 1.165) is 11.5 Å². The van der Waals surface area contributed by atoms with Crippen molar-refractivity contribution >= 4 is 29.3 Å². The van der Waals surface area contributed by atoms with Gasteiger partial charge in [-0.15, -0.1) is 11.6 Å². The number of carbonyl (C=O) groups excluding carboxylic acids is 1. The molecule has 1 aromatic rings. The van der Waals surface area contributed by atoms with Crippen LogP contribution >= 0.6 is 23.4 Å². The van der Waals surface area contributed by atoms with Crippen molar-refractivity contribution in [3.8, 4) is 5.75 Å². The van der Waals surface area contributed by atoms with Crippen LogP contribution in [0, 0.1) is 0 Å². The first-order valence-electron chi connectivity index (χ1n) is 5.24. The molecular formula is C12H16ClNO2S. The molecule has 0 aromatic heterocycles. The number of nitrogens with two attached hydrogens (primary N) is 1. The topological polar surface area (TPSA) is 52.3 Å². The molecule has 3 nitrogen and oxygen atoms in total. The maximum absolute atomic E-state index is 10.8. The Morgan fingerprint density at radius 2 is 2.12 bits per heavy atom. The summed E-state index contributed by atoms with van der Waals surface area (Å²) < 4.78 is 5.08. The quantitative estimate of drug-likeness (QED) is 0.776. The second-order valence-corrected chi connectivity index (χ2v) is 5.20. The summed E-state index contributed by atoms with van der Waals surface area (Å²) >= 11 is 7.42. The molecular weight excluding hydrogens is 258 g/mol. The van der Waals surface area contributed by atoms with E-state index in [9.17, 15) is 4.79 Å². The molecule has 1 rings (SSSR count). The molecule has 2 N–H and O–H groups in total. The maximum atomic E-state index is 10.8. The number of alkyl halides is 1. The summed E-state index contributed by atoms with van der Waals surface area (Å²) in [7, 11) is 1.64. The highest BCUT2D eigenvalue weighted by molar-refractivity contribution is 7.99. The number of primary amides is 1. The number of carbonyl (C=O) groups is 1. The minimum absolute atomic E-state index is 0.0799. The fourth-order valence-electron chi connectivity index (χ4n) is 1.32. The Balaban J connectivity index is 2.44. The zero-order chi connectivity index (χ0) is 12.7. The van der Waals surface area contributed by atoms with Crippen LogP contribution in [0.1, 0.15) is 12.0 Å². The molecule has 1 atom stereocenters. The van der Waals surface area contributed by atoms with Crippen molar-refractivity contribution in [2.24, 2.45) is 5.73 Å². The molecule has 0 aliphatic rings. The van der Waals surface area contributed by atoms with Gasteiger partial charge >= 0.3 is 0 Å². The Kier molecular flexibility index (Phi) is 6.22. The predicted octanol–water partition coefficient (Wildman–Crippen LogP) is 2.41. The first kappa shape index (κ1) is 14.2. The average molecular weight is 274 g/mol. The minimum Gasteiger partial charge on any atom is -0.497 e. The lowest BCUT2D eigenvalue weighted by Gasteiger charge is -2.11. The van der Waals surface area contributed by atoms with E-state index in [4.69, 9.17) is 22.1 Å². The fourth-order valence-corrected chi connectivity index (χ4v) is 2.69. The molecule has 0 fully saturated rings. The predicted molar refractivity (Wildman–Crippen MR) is 72.6 cm³/mol. The number of thioether (sulfide) groups is 1. The lowest BCUT2D eigenvalue weighted by Crippen LogP contribution is -2.19. The number of amides is 1. The standard InChI is InChI=1S/C12H16ClNO2S/c1-16-10-4-2-9(3-5-10)8-17-11(7-13)6-12(14)15/h2-5,11H,6-8H2,1H3,(H2,14,15)/t11-/m0/s1. The van der Waals surface area contributed by atoms with E-state index < -0.39 is 0 Å². The molecule has 5 heteroatoms. The lowest BCUT2D eigenvalue weighted by molar-refractivity contribution is -0.117. The number of benzene rings is 1. The van der Waals surface area contributed by atoms with Gasteiger partial charge in [-0.25, -0.2) is 0 Å². The van der Waals surface area contributed by atoms with Gasteiger partial charge in [0.1, 0.15) is 5.75 Å². The molecule has 17 heavy (non-hydrogen) atoms. The van der Waals surface area contributed by atoms with E-state index in [1.54, 1.807) is 18.9 Å². The van der Waals surface area contributed by atoms with Crippen LogP contribution < -0.4 is 10.5 Å². The molecule has 0 aliphatic heterocycles. The van der Waals surface area contributed by atoms with Crippen molar-refractivity contribution in [1.82, 2.24) is 0 Å². The third-order valence-electron chi connectivity index (χ3n) is 2.25. The van der Waals surface area contributed by atoms with E-state index >= 15 is 0 Å². The van der Waals surface area contributed by atoms with Gasteiger partial charge in [0.25, 0.3) is 0 Å². The van der Waals surface area contributed by atoms with Gasteiger partial charge in [-0.2, -0.15) is 11.8 Å². The van der Waals surface area contributed by atoms with Crippen molar-refractivity contribution < 1.29 is 9.53 Å².